The lowest BCUT2D eigenvalue weighted by atomic mass is 10.3. The lowest BCUT2D eigenvalue weighted by Crippen LogP contribution is -2.17. The summed E-state index contributed by atoms with van der Waals surface area (Å²) in [6.07, 6.45) is 0.894. The molecule has 0 heterocycles. The van der Waals surface area contributed by atoms with E-state index in [9.17, 15) is 0 Å². The lowest BCUT2D eigenvalue weighted by molar-refractivity contribution is 0.374. The molecule has 0 saturated heterocycles. The van der Waals surface area contributed by atoms with Crippen LogP contribution >= 0.6 is 0 Å². The van der Waals surface area contributed by atoms with Crippen LogP contribution in [-0.4, -0.2) is 11.1 Å². The number of hydrogen-bond donors (Lipinski definition) is 2. The Morgan fingerprint density at radius 2 is 2.50 bits per heavy atom. The van der Waals surface area contributed by atoms with Gasteiger partial charge < -0.3 is 10.8 Å². The fourth-order valence-electron chi connectivity index (χ4n) is 0.177. The number of diazo groups is 1. The van der Waals surface area contributed by atoms with Crippen molar-refractivity contribution < 1.29 is 5.11 Å². The third-order valence-corrected chi connectivity index (χ3v) is 0.657. The van der Waals surface area contributed by atoms with Gasteiger partial charge in [-0.3, -0.25) is 0 Å². The summed E-state index contributed by atoms with van der Waals surface area (Å²) in [6.45, 7) is 1.58. The van der Waals surface area contributed by atoms with E-state index in [-0.39, 0.29) is 5.76 Å². The van der Waals surface area contributed by atoms with Gasteiger partial charge in [-0.1, -0.05) is 0 Å². The number of rotatable bonds is 1. The molecule has 0 saturated carbocycles. The molecular formula is C4H8N3O+. The van der Waals surface area contributed by atoms with Gasteiger partial charge in [-0.15, -0.1) is 0 Å². The summed E-state index contributed by atoms with van der Waals surface area (Å²) in [5.41, 5.74) is 5.13. The molecule has 0 radical (unpaired) electrons. The van der Waals surface area contributed by atoms with Gasteiger partial charge in [0.25, 0.3) is 0 Å². The zero-order chi connectivity index (χ0) is 6.57. The molecule has 3 N–H and O–H groups in total. The minimum Gasteiger partial charge on any atom is -0.504 e. The Bertz CT molecular complexity index is 133. The first kappa shape index (κ1) is 6.92. The van der Waals surface area contributed by atoms with E-state index in [1.165, 1.54) is 0 Å². The SMILES string of the molecule is CC(N)/C(O)=C/[N+]#N. The molecule has 0 fully saturated rings. The van der Waals surface area contributed by atoms with Crippen molar-refractivity contribution in [2.24, 2.45) is 5.73 Å². The molecular weight excluding hydrogens is 106 g/mol. The zero-order valence-corrected chi connectivity index (χ0v) is 4.57. The number of nitrogens with two attached hydrogens (primary N) is 1. The van der Waals surface area contributed by atoms with Gasteiger partial charge >= 0.3 is 6.20 Å². The summed E-state index contributed by atoms with van der Waals surface area (Å²) in [5.74, 6) is -0.132. The summed E-state index contributed by atoms with van der Waals surface area (Å²) in [7, 11) is 0. The maximum Gasteiger partial charge on any atom is 0.388 e. The predicted molar refractivity (Wildman–Crippen MR) is 29.4 cm³/mol. The average Bonchev–Trinajstić information content (AvgIpc) is 1.67. The second kappa shape index (κ2) is 2.99. The molecule has 44 valence electrons. The Morgan fingerprint density at radius 3 is 2.62 bits per heavy atom. The Kier molecular flexibility index (Phi) is 2.59. The van der Waals surface area contributed by atoms with E-state index in [4.69, 9.17) is 16.2 Å². The Labute approximate surface area is 47.2 Å². The number of hydrogen-bond acceptors (Lipinski definition) is 3. The summed E-state index contributed by atoms with van der Waals surface area (Å²) >= 11 is 0. The van der Waals surface area contributed by atoms with Crippen LogP contribution in [0, 0.1) is 5.39 Å². The monoisotopic (exact) mass is 114 g/mol. The molecule has 8 heavy (non-hydrogen) atoms. The number of aliphatic hydroxyl groups is 1. The van der Waals surface area contributed by atoms with Gasteiger partial charge in [-0.2, -0.15) is 0 Å². The minimum absolute atomic E-state index is 0.132. The van der Waals surface area contributed by atoms with Crippen LogP contribution in [0.3, 0.4) is 0 Å². The highest BCUT2D eigenvalue weighted by Gasteiger charge is 2.03. The first-order chi connectivity index (χ1) is 3.68. The summed E-state index contributed by atoms with van der Waals surface area (Å²) < 4.78 is 0. The van der Waals surface area contributed by atoms with E-state index in [2.05, 4.69) is 4.98 Å². The fraction of sp³-hybridized carbons (Fsp3) is 0.500. The molecule has 0 aliphatic rings. The lowest BCUT2D eigenvalue weighted by Gasteiger charge is -1.94. The first-order valence-electron chi connectivity index (χ1n) is 2.17. The Morgan fingerprint density at radius 1 is 2.00 bits per heavy atom. The number of nitrogens with zero attached hydrogens (tertiary/aromatic N) is 2. The van der Waals surface area contributed by atoms with Crippen molar-refractivity contribution in [1.82, 2.24) is 0 Å². The fourth-order valence-corrected chi connectivity index (χ4v) is 0.177. The highest BCUT2D eigenvalue weighted by molar-refractivity contribution is 5.01. The molecule has 4 heteroatoms. The second-order valence-corrected chi connectivity index (χ2v) is 1.46. The van der Waals surface area contributed by atoms with Crippen LogP contribution in [0.5, 0.6) is 0 Å². The van der Waals surface area contributed by atoms with Crippen molar-refractivity contribution in [3.8, 4) is 0 Å². The van der Waals surface area contributed by atoms with E-state index in [0.29, 0.717) is 0 Å². The molecule has 0 aliphatic carbocycles. The number of aliphatic hydroxyl groups excluding tert-OH is 1. The van der Waals surface area contributed by atoms with E-state index in [1.54, 1.807) is 6.92 Å². The predicted octanol–water partition coefficient (Wildman–Crippen LogP) is 0.586. The summed E-state index contributed by atoms with van der Waals surface area (Å²) in [4.78, 5) is 2.56. The summed E-state index contributed by atoms with van der Waals surface area (Å²) in [5, 5.41) is 16.4. The first-order valence-corrected chi connectivity index (χ1v) is 2.17. The molecule has 0 bridgehead atoms. The van der Waals surface area contributed by atoms with Crippen LogP contribution in [-0.2, 0) is 0 Å². The van der Waals surface area contributed by atoms with Crippen LogP contribution < -0.4 is 5.73 Å². The molecule has 0 aliphatic heterocycles. The van der Waals surface area contributed by atoms with E-state index < -0.39 is 6.04 Å². The molecule has 0 aromatic carbocycles. The smallest absolute Gasteiger partial charge is 0.388 e. The van der Waals surface area contributed by atoms with Gasteiger partial charge in [-0.05, 0) is 6.92 Å². The molecule has 4 nitrogen and oxygen atoms in total. The van der Waals surface area contributed by atoms with E-state index in [0.717, 1.165) is 6.20 Å². The molecule has 0 spiro atoms. The van der Waals surface area contributed by atoms with E-state index in [1.807, 2.05) is 0 Å². The van der Waals surface area contributed by atoms with Crippen molar-refractivity contribution in [2.45, 2.75) is 13.0 Å². The van der Waals surface area contributed by atoms with Gasteiger partial charge in [0.15, 0.2) is 10.7 Å². The Hall–Kier alpha value is -1.08. The van der Waals surface area contributed by atoms with Crippen LogP contribution in [0.1, 0.15) is 6.92 Å². The normalized spacial score (nSPS) is 14.9. The summed E-state index contributed by atoms with van der Waals surface area (Å²) in [6, 6.07) is -0.467. The van der Waals surface area contributed by atoms with Crippen molar-refractivity contribution >= 4 is 0 Å². The molecule has 1 unspecified atom stereocenters. The maximum atomic E-state index is 8.61. The molecule has 1 atom stereocenters. The van der Waals surface area contributed by atoms with Crippen molar-refractivity contribution in [1.29, 1.82) is 5.39 Å². The average molecular weight is 114 g/mol. The van der Waals surface area contributed by atoms with Crippen molar-refractivity contribution in [3.05, 3.63) is 16.9 Å². The Balaban J connectivity index is 3.85. The van der Waals surface area contributed by atoms with Crippen LogP contribution in [0.4, 0.5) is 0 Å². The largest absolute Gasteiger partial charge is 0.504 e. The van der Waals surface area contributed by atoms with Crippen molar-refractivity contribution in [3.63, 3.8) is 0 Å². The molecule has 0 amide bonds. The van der Waals surface area contributed by atoms with Gasteiger partial charge in [-0.25, -0.2) is 0 Å². The third kappa shape index (κ3) is 2.16. The minimum atomic E-state index is -0.467. The zero-order valence-electron chi connectivity index (χ0n) is 4.57. The topological polar surface area (TPSA) is 74.4 Å². The quantitative estimate of drug-likeness (QED) is 0.387. The van der Waals surface area contributed by atoms with Gasteiger partial charge in [0.05, 0.1) is 6.04 Å². The highest BCUT2D eigenvalue weighted by Crippen LogP contribution is 1.91. The molecule has 0 aromatic heterocycles. The third-order valence-electron chi connectivity index (χ3n) is 0.657. The van der Waals surface area contributed by atoms with Crippen LogP contribution in [0.15, 0.2) is 12.0 Å². The standard InChI is InChI=1S/C4H7N3O/c1-3(5)4(8)2-7-6/h2-3H,5H2,1H3/p+1/b4-2-. The van der Waals surface area contributed by atoms with Gasteiger partial charge in [0.2, 0.25) is 5.39 Å². The van der Waals surface area contributed by atoms with Crippen LogP contribution in [0.25, 0.3) is 4.98 Å². The highest BCUT2D eigenvalue weighted by atomic mass is 16.3. The van der Waals surface area contributed by atoms with Gasteiger partial charge in [0, 0.05) is 0 Å². The molecule has 0 rings (SSSR count). The van der Waals surface area contributed by atoms with Gasteiger partial charge in [0.1, 0.15) is 0 Å². The van der Waals surface area contributed by atoms with Crippen LogP contribution in [0.2, 0.25) is 0 Å². The maximum absolute atomic E-state index is 8.61. The molecule has 0 aromatic rings. The second-order valence-electron chi connectivity index (χ2n) is 1.46. The van der Waals surface area contributed by atoms with Crippen molar-refractivity contribution in [2.75, 3.05) is 0 Å². The van der Waals surface area contributed by atoms with E-state index >= 15 is 0 Å².